The molecular formula is C13H15ClF3N. The van der Waals surface area contributed by atoms with Crippen LogP contribution in [-0.4, -0.2) is 12.5 Å². The van der Waals surface area contributed by atoms with Crippen LogP contribution in [0.5, 0.6) is 0 Å². The van der Waals surface area contributed by atoms with Crippen LogP contribution < -0.4 is 5.73 Å². The number of halogens is 4. The molecular weight excluding hydrogens is 263 g/mol. The van der Waals surface area contributed by atoms with E-state index in [2.05, 4.69) is 0 Å². The minimum absolute atomic E-state index is 0.201. The first-order valence-electron chi connectivity index (χ1n) is 5.92. The molecule has 0 heterocycles. The lowest BCUT2D eigenvalue weighted by molar-refractivity contribution is -0.0509. The average molecular weight is 278 g/mol. The Labute approximate surface area is 109 Å². The van der Waals surface area contributed by atoms with Gasteiger partial charge >= 0.3 is 0 Å². The number of hydrogen-bond acceptors (Lipinski definition) is 1. The molecule has 1 nitrogen and oxygen atoms in total. The second-order valence-corrected chi connectivity index (χ2v) is 5.37. The molecule has 1 aliphatic rings. The highest BCUT2D eigenvalue weighted by molar-refractivity contribution is 6.31. The summed E-state index contributed by atoms with van der Waals surface area (Å²) < 4.78 is 39.8. The summed E-state index contributed by atoms with van der Waals surface area (Å²) in [6, 6.07) is 4.03. The van der Waals surface area contributed by atoms with E-state index in [0.717, 1.165) is 0 Å². The van der Waals surface area contributed by atoms with Gasteiger partial charge in [0.2, 0.25) is 5.92 Å². The molecule has 100 valence electrons. The lowest BCUT2D eigenvalue weighted by Crippen LogP contribution is -2.42. The number of hydrogen-bond donors (Lipinski definition) is 1. The van der Waals surface area contributed by atoms with Crippen LogP contribution in [-0.2, 0) is 5.41 Å². The molecule has 2 rings (SSSR count). The maximum atomic E-state index is 13.3. The van der Waals surface area contributed by atoms with Crippen molar-refractivity contribution < 1.29 is 13.2 Å². The minimum Gasteiger partial charge on any atom is -0.330 e. The van der Waals surface area contributed by atoms with Gasteiger partial charge in [-0.15, -0.1) is 0 Å². The Bertz CT molecular complexity index is 438. The van der Waals surface area contributed by atoms with Crippen LogP contribution in [0.1, 0.15) is 31.2 Å². The van der Waals surface area contributed by atoms with Crippen LogP contribution in [0.15, 0.2) is 18.2 Å². The molecule has 0 unspecified atom stereocenters. The Morgan fingerprint density at radius 2 is 1.78 bits per heavy atom. The van der Waals surface area contributed by atoms with Crippen LogP contribution in [0.4, 0.5) is 13.2 Å². The van der Waals surface area contributed by atoms with Gasteiger partial charge in [0.15, 0.2) is 0 Å². The van der Waals surface area contributed by atoms with Gasteiger partial charge in [-0.2, -0.15) is 0 Å². The highest BCUT2D eigenvalue weighted by Crippen LogP contribution is 2.46. The molecule has 0 aliphatic heterocycles. The maximum absolute atomic E-state index is 13.3. The van der Waals surface area contributed by atoms with E-state index in [9.17, 15) is 13.2 Å². The fourth-order valence-electron chi connectivity index (χ4n) is 2.58. The van der Waals surface area contributed by atoms with Gasteiger partial charge in [0.25, 0.3) is 0 Å². The van der Waals surface area contributed by atoms with Crippen molar-refractivity contribution in [1.82, 2.24) is 0 Å². The summed E-state index contributed by atoms with van der Waals surface area (Å²) in [6.07, 6.45) is 0.0213. The first-order valence-corrected chi connectivity index (χ1v) is 6.30. The van der Waals surface area contributed by atoms with Gasteiger partial charge in [-0.05, 0) is 36.6 Å². The summed E-state index contributed by atoms with van der Waals surface area (Å²) in [7, 11) is 0. The molecule has 2 N–H and O–H groups in total. The molecule has 1 aliphatic carbocycles. The fourth-order valence-corrected chi connectivity index (χ4v) is 2.90. The van der Waals surface area contributed by atoms with Crippen LogP contribution in [0, 0.1) is 5.82 Å². The van der Waals surface area contributed by atoms with E-state index in [-0.39, 0.29) is 32.2 Å². The van der Waals surface area contributed by atoms with E-state index >= 15 is 0 Å². The Morgan fingerprint density at radius 3 is 2.33 bits per heavy atom. The smallest absolute Gasteiger partial charge is 0.248 e. The Balaban J connectivity index is 2.36. The van der Waals surface area contributed by atoms with Crippen molar-refractivity contribution in [2.45, 2.75) is 37.0 Å². The maximum Gasteiger partial charge on any atom is 0.248 e. The quantitative estimate of drug-likeness (QED) is 0.872. The summed E-state index contributed by atoms with van der Waals surface area (Å²) >= 11 is 6.06. The molecule has 0 bridgehead atoms. The zero-order chi connectivity index (χ0) is 13.4. The van der Waals surface area contributed by atoms with Crippen molar-refractivity contribution in [2.24, 2.45) is 5.73 Å². The van der Waals surface area contributed by atoms with Crippen LogP contribution in [0.2, 0.25) is 5.02 Å². The molecule has 1 fully saturated rings. The Kier molecular flexibility index (Phi) is 3.60. The molecule has 0 spiro atoms. The normalized spacial score (nSPS) is 21.8. The van der Waals surface area contributed by atoms with Gasteiger partial charge in [0, 0.05) is 29.8 Å². The summed E-state index contributed by atoms with van der Waals surface area (Å²) in [5, 5.41) is 0.395. The third kappa shape index (κ3) is 2.50. The molecule has 0 radical (unpaired) electrons. The van der Waals surface area contributed by atoms with Crippen molar-refractivity contribution in [1.29, 1.82) is 0 Å². The van der Waals surface area contributed by atoms with Gasteiger partial charge in [-0.1, -0.05) is 11.6 Å². The second-order valence-electron chi connectivity index (χ2n) is 4.96. The molecule has 5 heteroatoms. The molecule has 18 heavy (non-hydrogen) atoms. The van der Waals surface area contributed by atoms with Crippen molar-refractivity contribution in [3.05, 3.63) is 34.6 Å². The van der Waals surface area contributed by atoms with E-state index in [1.807, 2.05) is 0 Å². The van der Waals surface area contributed by atoms with Crippen LogP contribution >= 0.6 is 11.6 Å². The van der Waals surface area contributed by atoms with Crippen LogP contribution in [0.3, 0.4) is 0 Å². The summed E-state index contributed by atoms with van der Waals surface area (Å²) in [5.74, 6) is -3.06. The number of nitrogens with two attached hydrogens (primary N) is 1. The van der Waals surface area contributed by atoms with E-state index in [0.29, 0.717) is 10.6 Å². The van der Waals surface area contributed by atoms with Gasteiger partial charge < -0.3 is 5.73 Å². The summed E-state index contributed by atoms with van der Waals surface area (Å²) in [5.41, 5.74) is 5.69. The zero-order valence-corrected chi connectivity index (χ0v) is 10.6. The first-order chi connectivity index (χ1) is 8.38. The molecule has 0 saturated heterocycles. The predicted molar refractivity (Wildman–Crippen MR) is 65.6 cm³/mol. The largest absolute Gasteiger partial charge is 0.330 e. The van der Waals surface area contributed by atoms with Crippen molar-refractivity contribution in [2.75, 3.05) is 6.54 Å². The third-order valence-electron chi connectivity index (χ3n) is 3.83. The predicted octanol–water partition coefficient (Wildman–Crippen LogP) is 3.88. The van der Waals surface area contributed by atoms with E-state index in [1.54, 1.807) is 0 Å². The average Bonchev–Trinajstić information content (AvgIpc) is 2.33. The minimum atomic E-state index is -2.64. The highest BCUT2D eigenvalue weighted by Gasteiger charge is 2.44. The van der Waals surface area contributed by atoms with Crippen LogP contribution in [0.25, 0.3) is 0 Å². The first kappa shape index (κ1) is 13.7. The van der Waals surface area contributed by atoms with Gasteiger partial charge in [0.05, 0.1) is 0 Å². The fraction of sp³-hybridized carbons (Fsp3) is 0.538. The van der Waals surface area contributed by atoms with Gasteiger partial charge in [-0.25, -0.2) is 13.2 Å². The third-order valence-corrected chi connectivity index (χ3v) is 4.16. The SMILES string of the molecule is NCC1(c2cc(F)ccc2Cl)CCC(F)(F)CC1. The Morgan fingerprint density at radius 1 is 1.17 bits per heavy atom. The summed E-state index contributed by atoms with van der Waals surface area (Å²) in [6.45, 7) is 0.201. The lowest BCUT2D eigenvalue weighted by Gasteiger charge is -2.40. The topological polar surface area (TPSA) is 26.0 Å². The lowest BCUT2D eigenvalue weighted by atomic mass is 9.68. The second kappa shape index (κ2) is 4.74. The summed E-state index contributed by atoms with van der Waals surface area (Å²) in [4.78, 5) is 0. The van der Waals surface area contributed by atoms with Crippen molar-refractivity contribution in [3.8, 4) is 0 Å². The standard InChI is InChI=1S/C13H15ClF3N/c14-11-2-1-9(15)7-10(11)12(8-18)3-5-13(16,17)6-4-12/h1-2,7H,3-6,8,18H2. The molecule has 0 atom stereocenters. The van der Waals surface area contributed by atoms with E-state index in [1.165, 1.54) is 18.2 Å². The molecule has 0 amide bonds. The monoisotopic (exact) mass is 277 g/mol. The number of alkyl halides is 2. The van der Waals surface area contributed by atoms with Gasteiger partial charge in [-0.3, -0.25) is 0 Å². The van der Waals surface area contributed by atoms with E-state index < -0.39 is 17.2 Å². The highest BCUT2D eigenvalue weighted by atomic mass is 35.5. The number of benzene rings is 1. The van der Waals surface area contributed by atoms with E-state index in [4.69, 9.17) is 17.3 Å². The number of rotatable bonds is 2. The molecule has 1 aromatic rings. The molecule has 1 saturated carbocycles. The molecule has 0 aromatic heterocycles. The van der Waals surface area contributed by atoms with Crippen molar-refractivity contribution >= 4 is 11.6 Å². The zero-order valence-electron chi connectivity index (χ0n) is 9.86. The van der Waals surface area contributed by atoms with Gasteiger partial charge in [0.1, 0.15) is 5.82 Å². The Hall–Kier alpha value is -0.740. The molecule has 1 aromatic carbocycles. The van der Waals surface area contributed by atoms with Crippen molar-refractivity contribution in [3.63, 3.8) is 0 Å².